The summed E-state index contributed by atoms with van der Waals surface area (Å²) in [6.45, 7) is 21.1. The lowest BCUT2D eigenvalue weighted by atomic mass is 9.33. The molecule has 23 rings (SSSR count). The quantitative estimate of drug-likeness (QED) is 0.154. The first kappa shape index (κ1) is 70.4. The van der Waals surface area contributed by atoms with E-state index in [9.17, 15) is 0 Å². The Hall–Kier alpha value is -14.0. The van der Waals surface area contributed by atoms with E-state index >= 15 is 0 Å². The highest BCUT2D eigenvalue weighted by Crippen LogP contribution is 2.57. The number of nitrogens with zero attached hydrogens (tertiary/aromatic N) is 4. The molecule has 6 heterocycles. The van der Waals surface area contributed by atoms with Crippen LogP contribution in [-0.4, -0.2) is 15.5 Å². The molecule has 0 saturated carbocycles. The fraction of sp³-hybridized carbons (Fsp3) is 0.105. The zero-order valence-corrected chi connectivity index (χ0v) is 68.5. The summed E-state index contributed by atoms with van der Waals surface area (Å²) in [5.74, 6) is 0. The van der Waals surface area contributed by atoms with Crippen LogP contribution in [0.3, 0.4) is 0 Å². The highest BCUT2D eigenvalue weighted by atomic mass is 15.2. The monoisotopic (exact) mass is 1520 g/mol. The summed E-state index contributed by atoms with van der Waals surface area (Å²) in [5.41, 5.74) is 29.3. The molecule has 4 aromatic heterocycles. The molecular weight excluding hydrogens is 1440 g/mol. The molecule has 2 aliphatic heterocycles. The van der Waals surface area contributed by atoms with Crippen LogP contribution in [0.25, 0.3) is 164 Å². The number of hydrogen-bond acceptors (Lipinski definition) is 2. The fourth-order valence-electron chi connectivity index (χ4n) is 20.5. The first-order chi connectivity index (χ1) is 58.0. The van der Waals surface area contributed by atoms with Gasteiger partial charge in [-0.05, 0) is 175 Å². The lowest BCUT2D eigenvalue weighted by molar-refractivity contribution is 0.590. The van der Waals surface area contributed by atoms with E-state index in [-0.39, 0.29) is 10.8 Å². The maximum Gasteiger partial charge on any atom is 0.252 e. The van der Waals surface area contributed by atoms with Crippen molar-refractivity contribution < 1.29 is 0 Å². The second-order valence-electron chi connectivity index (χ2n) is 36.2. The zero-order valence-electron chi connectivity index (χ0n) is 68.5. The molecule has 21 aromatic rings. The molecule has 0 bridgehead atoms. The molecule has 2 aliphatic rings. The van der Waals surface area contributed by atoms with Gasteiger partial charge in [0.25, 0.3) is 6.71 Å². The third-order valence-corrected chi connectivity index (χ3v) is 26.2. The Balaban J connectivity index is 1.02. The minimum Gasteiger partial charge on any atom is -0.310 e. The largest absolute Gasteiger partial charge is 0.310 e. The van der Waals surface area contributed by atoms with E-state index in [1.807, 2.05) is 0 Å². The van der Waals surface area contributed by atoms with Crippen LogP contribution in [0.1, 0.15) is 79.0 Å². The SMILES string of the molecule is CC(C)(C)c1cc(-c2ccccc2)c(N2c3cc4c(cc3B3c5cc6c7ccccc7c7ccccc7c7cccc8c9ccccc9n(c6cc5N(c5c(-c6ccccc6)cc(C(C)(C)C)cc5-c5ccccc5)c5cc(C(C)(C)C)cc2c53)c78)c2ccccc2c2ccccc2c2cccc3c5ccccc5n4c23)c(-c2ccccc2)c1. The van der Waals surface area contributed by atoms with Crippen LogP contribution < -0.4 is 26.2 Å². The minimum atomic E-state index is -0.410. The fourth-order valence-corrected chi connectivity index (χ4v) is 20.5. The minimum absolute atomic E-state index is 0.243. The van der Waals surface area contributed by atoms with E-state index in [2.05, 4.69) is 445 Å². The molecule has 0 unspecified atom stereocenters. The molecule has 566 valence electrons. The second-order valence-corrected chi connectivity index (χ2v) is 36.2. The standard InChI is InChI=1S/C114H87BN4/c1-112(2,3)74-60-91(70-36-14-10-15-37-70)110(92(61-74)71-38-16-11-17-39-71)118-103-68-101-95(83-50-28-24-46-79(83)77-44-22-26-48-81(77)87-54-34-56-89-85-52-30-32-58-99(85)116(101)108(87)89)66-97(103)115-98-67-96-84-51-29-25-47-80(84)78-45-23-27-49-82(78)88-55-35-57-90-86-53-31-33-59-100(86)117(109(88)90)102(96)69-104(98)119(106-65-76(114(7,8)9)64-105(118)107(106)115)111-93(72-40-18-12-19-41-72)62-75(113(4,5)6)63-94(111)73-42-20-13-21-43-73/h10-69H,1-9H3. The third-order valence-electron chi connectivity index (χ3n) is 26.2. The Morgan fingerprint density at radius 2 is 0.445 bits per heavy atom. The van der Waals surface area contributed by atoms with Crippen molar-refractivity contribution in [1.29, 1.82) is 0 Å². The van der Waals surface area contributed by atoms with E-state index in [0.29, 0.717) is 0 Å². The van der Waals surface area contributed by atoms with Crippen molar-refractivity contribution in [3.63, 3.8) is 0 Å². The van der Waals surface area contributed by atoms with Gasteiger partial charge >= 0.3 is 0 Å². The maximum atomic E-state index is 2.80. The molecule has 5 heteroatoms. The van der Waals surface area contributed by atoms with Gasteiger partial charge in [0.2, 0.25) is 0 Å². The zero-order chi connectivity index (χ0) is 80.1. The molecule has 0 fully saturated rings. The summed E-state index contributed by atoms with van der Waals surface area (Å²) < 4.78 is 5.32. The molecule has 0 spiro atoms. The van der Waals surface area contributed by atoms with Gasteiger partial charge in [-0.1, -0.05) is 366 Å². The van der Waals surface area contributed by atoms with Crippen LogP contribution in [0.2, 0.25) is 0 Å². The smallest absolute Gasteiger partial charge is 0.252 e. The van der Waals surface area contributed by atoms with Gasteiger partial charge < -0.3 is 18.6 Å². The van der Waals surface area contributed by atoms with Crippen molar-refractivity contribution in [2.45, 2.75) is 78.6 Å². The van der Waals surface area contributed by atoms with Crippen molar-refractivity contribution in [1.82, 2.24) is 8.80 Å². The lowest BCUT2D eigenvalue weighted by Gasteiger charge is -2.47. The second kappa shape index (κ2) is 26.3. The molecule has 119 heavy (non-hydrogen) atoms. The summed E-state index contributed by atoms with van der Waals surface area (Å²) in [5, 5.41) is 19.1. The molecule has 0 N–H and O–H groups in total. The normalized spacial score (nSPS) is 13.0. The average Bonchev–Trinajstić information content (AvgIpc) is 1.48. The Morgan fingerprint density at radius 3 is 0.748 bits per heavy atom. The summed E-state index contributed by atoms with van der Waals surface area (Å²) in [7, 11) is 0. The summed E-state index contributed by atoms with van der Waals surface area (Å²) in [6, 6.07) is 141. The number of benzene rings is 17. The number of hydrogen-bond donors (Lipinski definition) is 0. The van der Waals surface area contributed by atoms with Gasteiger partial charge in [0, 0.05) is 88.1 Å². The Bertz CT molecular complexity index is 7390. The molecule has 0 amide bonds. The average molecular weight is 1520 g/mol. The van der Waals surface area contributed by atoms with Gasteiger partial charge in [-0.3, -0.25) is 0 Å². The van der Waals surface area contributed by atoms with Crippen molar-refractivity contribution in [3.05, 3.63) is 381 Å². The summed E-state index contributed by atoms with van der Waals surface area (Å²) in [4.78, 5) is 5.59. The number of aromatic nitrogens is 2. The van der Waals surface area contributed by atoms with Gasteiger partial charge in [0.1, 0.15) is 0 Å². The number of rotatable bonds is 6. The van der Waals surface area contributed by atoms with Crippen LogP contribution >= 0.6 is 0 Å². The molecule has 4 nitrogen and oxygen atoms in total. The van der Waals surface area contributed by atoms with Gasteiger partial charge in [-0.2, -0.15) is 0 Å². The predicted molar refractivity (Wildman–Crippen MR) is 513 cm³/mol. The lowest BCUT2D eigenvalue weighted by Crippen LogP contribution is -2.61. The van der Waals surface area contributed by atoms with Crippen molar-refractivity contribution in [3.8, 4) is 44.5 Å². The van der Waals surface area contributed by atoms with Crippen LogP contribution in [0.4, 0.5) is 34.1 Å². The first-order valence-electron chi connectivity index (χ1n) is 42.2. The molecule has 17 aromatic carbocycles. The Morgan fingerprint density at radius 1 is 0.202 bits per heavy atom. The van der Waals surface area contributed by atoms with Crippen molar-refractivity contribution in [2.75, 3.05) is 9.80 Å². The van der Waals surface area contributed by atoms with Crippen molar-refractivity contribution in [2.24, 2.45) is 0 Å². The van der Waals surface area contributed by atoms with E-state index in [4.69, 9.17) is 0 Å². The van der Waals surface area contributed by atoms with E-state index in [0.717, 1.165) is 111 Å². The van der Waals surface area contributed by atoms with E-state index in [1.54, 1.807) is 0 Å². The summed E-state index contributed by atoms with van der Waals surface area (Å²) >= 11 is 0. The van der Waals surface area contributed by atoms with Gasteiger partial charge in [-0.15, -0.1) is 0 Å². The number of fused-ring (bicyclic) bond motifs is 24. The van der Waals surface area contributed by atoms with E-state index < -0.39 is 12.1 Å². The molecule has 0 saturated heterocycles. The number of anilines is 6. The predicted octanol–water partition coefficient (Wildman–Crippen LogP) is 29.5. The Kier molecular flexibility index (Phi) is 15.5. The first-order valence-corrected chi connectivity index (χ1v) is 42.2. The van der Waals surface area contributed by atoms with Gasteiger partial charge in [-0.25, -0.2) is 0 Å². The molecule has 0 radical (unpaired) electrons. The third kappa shape index (κ3) is 10.7. The van der Waals surface area contributed by atoms with Gasteiger partial charge in [0.15, 0.2) is 0 Å². The van der Waals surface area contributed by atoms with Crippen LogP contribution in [-0.2, 0) is 16.2 Å². The topological polar surface area (TPSA) is 15.3 Å². The maximum absolute atomic E-state index is 2.80. The molecular formula is C114H87BN4. The van der Waals surface area contributed by atoms with Gasteiger partial charge in [0.05, 0.1) is 44.5 Å². The van der Waals surface area contributed by atoms with Crippen LogP contribution in [0.5, 0.6) is 0 Å². The highest BCUT2D eigenvalue weighted by molar-refractivity contribution is 7.00. The Labute approximate surface area is 694 Å². The summed E-state index contributed by atoms with van der Waals surface area (Å²) in [6.07, 6.45) is 0. The van der Waals surface area contributed by atoms with Crippen molar-refractivity contribution >= 4 is 177 Å². The van der Waals surface area contributed by atoms with Crippen LogP contribution in [0.15, 0.2) is 364 Å². The molecule has 0 aliphatic carbocycles. The van der Waals surface area contributed by atoms with E-state index in [1.165, 1.54) is 120 Å². The van der Waals surface area contributed by atoms with Crippen LogP contribution in [0, 0.1) is 0 Å². The number of para-hydroxylation sites is 4. The highest BCUT2D eigenvalue weighted by Gasteiger charge is 2.47. The molecule has 0 atom stereocenters.